The molecule has 1 aliphatic rings. The van der Waals surface area contributed by atoms with Crippen LogP contribution in [0.25, 0.3) is 0 Å². The fourth-order valence-electron chi connectivity index (χ4n) is 2.42. The van der Waals surface area contributed by atoms with Gasteiger partial charge in [0.05, 0.1) is 6.54 Å². The van der Waals surface area contributed by atoms with Gasteiger partial charge in [-0.15, -0.1) is 0 Å². The maximum atomic E-state index is 14.0. The first-order chi connectivity index (χ1) is 12.6. The van der Waals surface area contributed by atoms with Gasteiger partial charge in [0.2, 0.25) is 11.6 Å². The Morgan fingerprint density at radius 3 is 1.22 bits per heavy atom. The molecule has 0 amide bonds. The summed E-state index contributed by atoms with van der Waals surface area (Å²) < 4.78 is 136. The van der Waals surface area contributed by atoms with E-state index in [1.807, 2.05) is 0 Å². The maximum Gasteiger partial charge on any atom is 0.200 e. The zero-order valence-corrected chi connectivity index (χ0v) is 12.5. The topological polar surface area (TPSA) is 6.48 Å². The van der Waals surface area contributed by atoms with E-state index < -0.39 is 76.1 Å². The predicted molar refractivity (Wildman–Crippen MR) is 71.4 cm³/mol. The number of halogens is 10. The molecule has 1 heterocycles. The van der Waals surface area contributed by atoms with Crippen LogP contribution in [-0.2, 0) is 0 Å². The summed E-state index contributed by atoms with van der Waals surface area (Å²) >= 11 is 0. The standard InChI is InChI=1S/C15H4F10N2/c16-4-6(18)10(22)14(11(23)7(4)19)26-2-1-3-27(26)15-12(24)8(20)5(17)9(21)13(15)25/h1-2H,3H2. The van der Waals surface area contributed by atoms with Crippen LogP contribution in [0.15, 0.2) is 12.3 Å². The fourth-order valence-corrected chi connectivity index (χ4v) is 2.42. The molecule has 0 bridgehead atoms. The van der Waals surface area contributed by atoms with Crippen molar-refractivity contribution in [1.29, 1.82) is 0 Å². The van der Waals surface area contributed by atoms with Crippen LogP contribution in [-0.4, -0.2) is 6.54 Å². The summed E-state index contributed by atoms with van der Waals surface area (Å²) in [6.45, 7) is -0.697. The Labute approximate surface area is 143 Å². The van der Waals surface area contributed by atoms with E-state index in [1.165, 1.54) is 0 Å². The van der Waals surface area contributed by atoms with Crippen LogP contribution < -0.4 is 10.0 Å². The molecule has 0 unspecified atom stereocenters. The summed E-state index contributed by atoms with van der Waals surface area (Å²) in [4.78, 5) is 0. The van der Waals surface area contributed by atoms with Crippen LogP contribution in [0.3, 0.4) is 0 Å². The Hall–Kier alpha value is -2.92. The third kappa shape index (κ3) is 2.58. The van der Waals surface area contributed by atoms with Crippen LogP contribution in [0.2, 0.25) is 0 Å². The van der Waals surface area contributed by atoms with Crippen molar-refractivity contribution in [2.45, 2.75) is 0 Å². The molecule has 0 saturated heterocycles. The molecule has 12 heteroatoms. The van der Waals surface area contributed by atoms with Crippen LogP contribution in [0.4, 0.5) is 55.3 Å². The molecule has 144 valence electrons. The highest BCUT2D eigenvalue weighted by atomic mass is 19.2. The van der Waals surface area contributed by atoms with Gasteiger partial charge in [-0.1, -0.05) is 0 Å². The van der Waals surface area contributed by atoms with Crippen molar-refractivity contribution in [2.75, 3.05) is 16.6 Å². The molecular formula is C15H4F10N2. The van der Waals surface area contributed by atoms with Crippen molar-refractivity contribution in [3.63, 3.8) is 0 Å². The summed E-state index contributed by atoms with van der Waals surface area (Å²) in [5.41, 5.74) is -3.30. The minimum atomic E-state index is -2.49. The monoisotopic (exact) mass is 402 g/mol. The zero-order chi connectivity index (χ0) is 20.2. The smallest absolute Gasteiger partial charge is 0.200 e. The first-order valence-electron chi connectivity index (χ1n) is 6.85. The molecule has 1 aliphatic heterocycles. The van der Waals surface area contributed by atoms with E-state index in [-0.39, 0.29) is 10.0 Å². The summed E-state index contributed by atoms with van der Waals surface area (Å²) in [5, 5.41) is 0.170. The summed E-state index contributed by atoms with van der Waals surface area (Å²) in [6.07, 6.45) is 1.56. The average Bonchev–Trinajstić information content (AvgIpc) is 3.10. The highest BCUT2D eigenvalue weighted by Gasteiger charge is 2.36. The molecule has 0 fully saturated rings. The third-order valence-corrected chi connectivity index (χ3v) is 3.65. The first-order valence-corrected chi connectivity index (χ1v) is 6.85. The first kappa shape index (κ1) is 18.9. The Balaban J connectivity index is 2.24. The van der Waals surface area contributed by atoms with Gasteiger partial charge in [0.15, 0.2) is 46.5 Å². The number of nitrogens with zero attached hydrogens (tertiary/aromatic N) is 2. The van der Waals surface area contributed by atoms with E-state index in [1.54, 1.807) is 0 Å². The van der Waals surface area contributed by atoms with Gasteiger partial charge in [-0.2, -0.15) is 0 Å². The Morgan fingerprint density at radius 1 is 0.481 bits per heavy atom. The maximum absolute atomic E-state index is 14.0. The van der Waals surface area contributed by atoms with Crippen molar-refractivity contribution >= 4 is 11.4 Å². The van der Waals surface area contributed by atoms with Gasteiger partial charge in [0, 0.05) is 6.20 Å². The molecule has 2 aromatic carbocycles. The number of hydrogen-bond acceptors (Lipinski definition) is 2. The molecule has 0 spiro atoms. The quantitative estimate of drug-likeness (QED) is 0.403. The van der Waals surface area contributed by atoms with Crippen molar-refractivity contribution < 1.29 is 43.9 Å². The van der Waals surface area contributed by atoms with Gasteiger partial charge < -0.3 is 0 Å². The van der Waals surface area contributed by atoms with Crippen LogP contribution in [0.1, 0.15) is 0 Å². The number of anilines is 2. The normalized spacial score (nSPS) is 13.9. The SMILES string of the molecule is Fc1c(F)c(F)c(N2C=CCN2c2c(F)c(F)c(F)c(F)c2F)c(F)c1F. The van der Waals surface area contributed by atoms with Crippen molar-refractivity contribution in [3.05, 3.63) is 70.4 Å². The van der Waals surface area contributed by atoms with Crippen molar-refractivity contribution in [1.82, 2.24) is 0 Å². The van der Waals surface area contributed by atoms with E-state index in [9.17, 15) is 43.9 Å². The van der Waals surface area contributed by atoms with Crippen molar-refractivity contribution in [2.24, 2.45) is 0 Å². The van der Waals surface area contributed by atoms with Gasteiger partial charge >= 0.3 is 0 Å². The second-order valence-electron chi connectivity index (χ2n) is 5.15. The third-order valence-electron chi connectivity index (χ3n) is 3.65. The number of hydrogen-bond donors (Lipinski definition) is 0. The second-order valence-corrected chi connectivity index (χ2v) is 5.15. The van der Waals surface area contributed by atoms with Crippen molar-refractivity contribution in [3.8, 4) is 0 Å². The van der Waals surface area contributed by atoms with Crippen LogP contribution in [0.5, 0.6) is 0 Å². The Bertz CT molecular complexity index is 930. The molecule has 2 nitrogen and oxygen atoms in total. The van der Waals surface area contributed by atoms with E-state index >= 15 is 0 Å². The van der Waals surface area contributed by atoms with E-state index in [4.69, 9.17) is 0 Å². The molecule has 0 aliphatic carbocycles. The zero-order valence-electron chi connectivity index (χ0n) is 12.5. The number of rotatable bonds is 2. The summed E-state index contributed by atoms with van der Waals surface area (Å²) in [7, 11) is 0. The lowest BCUT2D eigenvalue weighted by Crippen LogP contribution is -2.39. The Morgan fingerprint density at radius 2 is 0.815 bits per heavy atom. The van der Waals surface area contributed by atoms with Gasteiger partial charge in [0.25, 0.3) is 0 Å². The minimum absolute atomic E-state index is 0.0501. The number of benzene rings is 2. The Kier molecular flexibility index (Phi) is 4.44. The molecular weight excluding hydrogens is 398 g/mol. The van der Waals surface area contributed by atoms with E-state index in [0.717, 1.165) is 6.08 Å². The lowest BCUT2D eigenvalue weighted by atomic mass is 10.2. The highest BCUT2D eigenvalue weighted by Crippen LogP contribution is 2.38. The molecule has 27 heavy (non-hydrogen) atoms. The molecule has 0 N–H and O–H groups in total. The molecule has 0 atom stereocenters. The molecule has 0 aromatic heterocycles. The lowest BCUT2D eigenvalue weighted by molar-refractivity contribution is 0.375. The summed E-state index contributed by atoms with van der Waals surface area (Å²) in [6, 6.07) is 0. The van der Waals surface area contributed by atoms with Gasteiger partial charge in [-0.25, -0.2) is 43.9 Å². The van der Waals surface area contributed by atoms with Gasteiger partial charge in [0.1, 0.15) is 11.4 Å². The van der Waals surface area contributed by atoms with Gasteiger partial charge in [-0.05, 0) is 6.08 Å². The molecule has 0 radical (unpaired) electrons. The number of hydrazine groups is 1. The van der Waals surface area contributed by atoms with Crippen LogP contribution in [0, 0.1) is 58.2 Å². The summed E-state index contributed by atoms with van der Waals surface area (Å²) in [5.74, 6) is -23.8. The fraction of sp³-hybridized carbons (Fsp3) is 0.0667. The second kappa shape index (κ2) is 6.35. The largest absolute Gasteiger partial charge is 0.271 e. The average molecular weight is 402 g/mol. The predicted octanol–water partition coefficient (Wildman–Crippen LogP) is 4.83. The molecule has 0 saturated carbocycles. The van der Waals surface area contributed by atoms with Gasteiger partial charge in [-0.3, -0.25) is 10.0 Å². The molecule has 3 rings (SSSR count). The molecule has 2 aromatic rings. The van der Waals surface area contributed by atoms with E-state index in [0.29, 0.717) is 6.20 Å². The highest BCUT2D eigenvalue weighted by molar-refractivity contribution is 5.65. The van der Waals surface area contributed by atoms with E-state index in [2.05, 4.69) is 0 Å². The minimum Gasteiger partial charge on any atom is -0.271 e. The van der Waals surface area contributed by atoms with Crippen LogP contribution >= 0.6 is 0 Å². The lowest BCUT2D eigenvalue weighted by Gasteiger charge is -2.32.